The third kappa shape index (κ3) is 4.57. The Bertz CT molecular complexity index is 1220. The predicted octanol–water partition coefficient (Wildman–Crippen LogP) is 4.18. The van der Waals surface area contributed by atoms with Gasteiger partial charge in [-0.25, -0.2) is 0 Å². The predicted molar refractivity (Wildman–Crippen MR) is 128 cm³/mol. The van der Waals surface area contributed by atoms with Gasteiger partial charge in [-0.15, -0.1) is 10.2 Å². The Balaban J connectivity index is 1.75. The van der Waals surface area contributed by atoms with Gasteiger partial charge in [-0.1, -0.05) is 75.0 Å². The second-order valence-electron chi connectivity index (χ2n) is 8.51. The highest BCUT2D eigenvalue weighted by Crippen LogP contribution is 2.32. The van der Waals surface area contributed by atoms with Gasteiger partial charge in [-0.05, 0) is 29.5 Å². The van der Waals surface area contributed by atoms with Crippen molar-refractivity contribution >= 4 is 23.7 Å². The number of thioether (sulfide) groups is 1. The Labute approximate surface area is 191 Å². The summed E-state index contributed by atoms with van der Waals surface area (Å²) in [4.78, 5) is 12.2. The van der Waals surface area contributed by atoms with Crippen LogP contribution >= 0.6 is 11.8 Å². The summed E-state index contributed by atoms with van der Waals surface area (Å²) in [5.41, 5.74) is 15.9. The summed E-state index contributed by atoms with van der Waals surface area (Å²) in [7, 11) is 0. The average Bonchev–Trinajstić information content (AvgIpc) is 3.15. The Morgan fingerprint density at radius 3 is 2.16 bits per heavy atom. The van der Waals surface area contributed by atoms with Gasteiger partial charge in [-0.2, -0.15) is 15.0 Å². The minimum atomic E-state index is 0.0808. The molecule has 4 N–H and O–H groups in total. The van der Waals surface area contributed by atoms with Crippen LogP contribution in [0.15, 0.2) is 53.7 Å². The number of hydrogen-bond donors (Lipinski definition) is 2. The SMILES string of the molecule is Cc1ccccc1-n1c(SCc2nc(N)nc(N)n2)nnc1-c1ccc(C(C)(C)C)cc1. The average molecular weight is 447 g/mol. The van der Waals surface area contributed by atoms with Crippen molar-refractivity contribution in [2.24, 2.45) is 0 Å². The minimum Gasteiger partial charge on any atom is -0.368 e. The highest BCUT2D eigenvalue weighted by Gasteiger charge is 2.19. The monoisotopic (exact) mass is 446 g/mol. The molecule has 0 amide bonds. The number of nitrogens with two attached hydrogens (primary N) is 2. The van der Waals surface area contributed by atoms with Gasteiger partial charge in [0.05, 0.1) is 11.4 Å². The van der Waals surface area contributed by atoms with Crippen molar-refractivity contribution in [2.75, 3.05) is 11.5 Å². The van der Waals surface area contributed by atoms with E-state index in [9.17, 15) is 0 Å². The van der Waals surface area contributed by atoms with Crippen molar-refractivity contribution in [3.63, 3.8) is 0 Å². The zero-order chi connectivity index (χ0) is 22.9. The molecule has 32 heavy (non-hydrogen) atoms. The number of hydrogen-bond acceptors (Lipinski definition) is 8. The lowest BCUT2D eigenvalue weighted by molar-refractivity contribution is 0.590. The summed E-state index contributed by atoms with van der Waals surface area (Å²) in [6.07, 6.45) is 0. The van der Waals surface area contributed by atoms with E-state index in [1.165, 1.54) is 17.3 Å². The first kappa shape index (κ1) is 21.8. The van der Waals surface area contributed by atoms with Gasteiger partial charge >= 0.3 is 0 Å². The van der Waals surface area contributed by atoms with Gasteiger partial charge < -0.3 is 11.5 Å². The Morgan fingerprint density at radius 2 is 1.53 bits per heavy atom. The standard InChI is InChI=1S/C23H26N8S/c1-14-7-5-6-8-17(14)31-19(15-9-11-16(12-10-15)23(2,3)4)29-30-22(31)32-13-18-26-20(24)28-21(25)27-18/h5-12H,13H2,1-4H3,(H4,24,25,26,27,28). The number of aromatic nitrogens is 6. The summed E-state index contributed by atoms with van der Waals surface area (Å²) < 4.78 is 2.07. The van der Waals surface area contributed by atoms with E-state index in [4.69, 9.17) is 11.5 Å². The van der Waals surface area contributed by atoms with Crippen molar-refractivity contribution in [1.82, 2.24) is 29.7 Å². The molecule has 2 heterocycles. The number of nitrogens with zero attached hydrogens (tertiary/aromatic N) is 6. The van der Waals surface area contributed by atoms with E-state index in [1.54, 1.807) is 0 Å². The lowest BCUT2D eigenvalue weighted by Crippen LogP contribution is -2.10. The topological polar surface area (TPSA) is 121 Å². The number of rotatable bonds is 5. The molecular weight excluding hydrogens is 420 g/mol. The maximum absolute atomic E-state index is 5.71. The minimum absolute atomic E-state index is 0.0808. The zero-order valence-corrected chi connectivity index (χ0v) is 19.4. The molecule has 8 nitrogen and oxygen atoms in total. The summed E-state index contributed by atoms with van der Waals surface area (Å²) in [6, 6.07) is 16.7. The van der Waals surface area contributed by atoms with Crippen molar-refractivity contribution < 1.29 is 0 Å². The van der Waals surface area contributed by atoms with Crippen molar-refractivity contribution in [2.45, 2.75) is 44.0 Å². The molecule has 9 heteroatoms. The number of benzene rings is 2. The Hall–Kier alpha value is -3.46. The lowest BCUT2D eigenvalue weighted by atomic mass is 9.87. The molecule has 4 rings (SSSR count). The van der Waals surface area contributed by atoms with E-state index >= 15 is 0 Å². The van der Waals surface area contributed by atoms with Crippen LogP contribution in [0.2, 0.25) is 0 Å². The maximum atomic E-state index is 5.71. The highest BCUT2D eigenvalue weighted by atomic mass is 32.2. The van der Waals surface area contributed by atoms with Gasteiger partial charge in [0.1, 0.15) is 5.82 Å². The van der Waals surface area contributed by atoms with Crippen molar-refractivity contribution in [1.29, 1.82) is 0 Å². The normalized spacial score (nSPS) is 11.6. The molecule has 0 spiro atoms. The van der Waals surface area contributed by atoms with Crippen LogP contribution in [0.3, 0.4) is 0 Å². The van der Waals surface area contributed by atoms with E-state index in [1.807, 2.05) is 12.1 Å². The van der Waals surface area contributed by atoms with E-state index in [-0.39, 0.29) is 17.3 Å². The van der Waals surface area contributed by atoms with Crippen LogP contribution in [0.25, 0.3) is 17.1 Å². The number of para-hydroxylation sites is 1. The van der Waals surface area contributed by atoms with Crippen LogP contribution < -0.4 is 11.5 Å². The van der Waals surface area contributed by atoms with E-state index in [0.717, 1.165) is 27.8 Å². The summed E-state index contributed by atoms with van der Waals surface area (Å²) >= 11 is 1.47. The van der Waals surface area contributed by atoms with Crippen LogP contribution in [-0.2, 0) is 11.2 Å². The largest absolute Gasteiger partial charge is 0.368 e. The van der Waals surface area contributed by atoms with Gasteiger partial charge in [0.15, 0.2) is 11.0 Å². The van der Waals surface area contributed by atoms with E-state index in [0.29, 0.717) is 11.6 Å². The van der Waals surface area contributed by atoms with Crippen LogP contribution in [0.5, 0.6) is 0 Å². The smallest absolute Gasteiger partial charge is 0.225 e. The summed E-state index contributed by atoms with van der Waals surface area (Å²) in [6.45, 7) is 8.68. The Kier molecular flexibility index (Phi) is 5.84. The number of aryl methyl sites for hydroxylation is 1. The summed E-state index contributed by atoms with van der Waals surface area (Å²) in [5.74, 6) is 1.91. The first-order valence-corrected chi connectivity index (χ1v) is 11.2. The molecule has 0 aliphatic heterocycles. The van der Waals surface area contributed by atoms with Gasteiger partial charge in [-0.3, -0.25) is 4.57 Å². The first-order valence-electron chi connectivity index (χ1n) is 10.2. The number of nitrogen functional groups attached to an aromatic ring is 2. The fourth-order valence-electron chi connectivity index (χ4n) is 3.35. The molecule has 0 aliphatic carbocycles. The Morgan fingerprint density at radius 1 is 0.875 bits per heavy atom. The molecule has 2 aromatic carbocycles. The van der Waals surface area contributed by atoms with Crippen molar-refractivity contribution in [3.05, 3.63) is 65.5 Å². The van der Waals surface area contributed by atoms with Gasteiger partial charge in [0.25, 0.3) is 0 Å². The van der Waals surface area contributed by atoms with Crippen LogP contribution in [0.1, 0.15) is 37.7 Å². The third-order valence-corrected chi connectivity index (χ3v) is 5.97. The molecule has 0 atom stereocenters. The van der Waals surface area contributed by atoms with E-state index < -0.39 is 0 Å². The van der Waals surface area contributed by atoms with Crippen LogP contribution in [0, 0.1) is 6.92 Å². The second-order valence-corrected chi connectivity index (χ2v) is 9.45. The van der Waals surface area contributed by atoms with Crippen LogP contribution in [-0.4, -0.2) is 29.7 Å². The quantitative estimate of drug-likeness (QED) is 0.438. The molecule has 0 unspecified atom stereocenters. The molecule has 0 saturated heterocycles. The molecule has 0 fully saturated rings. The first-order chi connectivity index (χ1) is 15.2. The van der Waals surface area contributed by atoms with E-state index in [2.05, 4.69) is 93.8 Å². The van der Waals surface area contributed by atoms with Crippen LogP contribution in [0.4, 0.5) is 11.9 Å². The molecular formula is C23H26N8S. The maximum Gasteiger partial charge on any atom is 0.225 e. The second kappa shape index (κ2) is 8.58. The zero-order valence-electron chi connectivity index (χ0n) is 18.6. The molecule has 0 bridgehead atoms. The molecule has 4 aromatic rings. The molecule has 164 valence electrons. The lowest BCUT2D eigenvalue weighted by Gasteiger charge is -2.19. The molecule has 0 aliphatic rings. The molecule has 0 saturated carbocycles. The molecule has 0 radical (unpaired) electrons. The van der Waals surface area contributed by atoms with Gasteiger partial charge in [0, 0.05) is 5.56 Å². The fourth-order valence-corrected chi connectivity index (χ4v) is 4.15. The summed E-state index contributed by atoms with van der Waals surface area (Å²) in [5, 5.41) is 9.74. The molecule has 2 aromatic heterocycles. The fraction of sp³-hybridized carbons (Fsp3) is 0.261. The van der Waals surface area contributed by atoms with Gasteiger partial charge in [0.2, 0.25) is 11.9 Å². The highest BCUT2D eigenvalue weighted by molar-refractivity contribution is 7.98. The third-order valence-electron chi connectivity index (χ3n) is 5.05. The number of anilines is 2. The van der Waals surface area contributed by atoms with Crippen molar-refractivity contribution in [3.8, 4) is 17.1 Å².